The second kappa shape index (κ2) is 5.73. The topological polar surface area (TPSA) is 48.5 Å². The van der Waals surface area contributed by atoms with E-state index in [2.05, 4.69) is 31.0 Å². The lowest BCUT2D eigenvalue weighted by Gasteiger charge is -2.06. The molecule has 8 heteroatoms. The number of rotatable bonds is 4. The number of imidazole rings is 1. The summed E-state index contributed by atoms with van der Waals surface area (Å²) in [5.74, 6) is 1.57. The molecule has 0 radical (unpaired) electrons. The van der Waals surface area contributed by atoms with E-state index in [0.29, 0.717) is 34.7 Å². The first-order valence-electron chi connectivity index (χ1n) is 6.33. The molecule has 0 fully saturated rings. The van der Waals surface area contributed by atoms with Crippen molar-refractivity contribution in [2.24, 2.45) is 7.05 Å². The van der Waals surface area contributed by atoms with Crippen molar-refractivity contribution in [3.63, 3.8) is 0 Å². The van der Waals surface area contributed by atoms with Crippen LogP contribution in [0.5, 0.6) is 0 Å². The van der Waals surface area contributed by atoms with E-state index in [4.69, 9.17) is 11.6 Å². The number of benzene rings is 1. The summed E-state index contributed by atoms with van der Waals surface area (Å²) in [4.78, 5) is 8.73. The van der Waals surface area contributed by atoms with Crippen molar-refractivity contribution in [2.75, 3.05) is 5.88 Å². The molecule has 0 aliphatic carbocycles. The van der Waals surface area contributed by atoms with Gasteiger partial charge in [0.1, 0.15) is 18.0 Å². The molecule has 3 aromatic rings. The highest BCUT2D eigenvalue weighted by Crippen LogP contribution is 2.25. The molecule has 0 amide bonds. The summed E-state index contributed by atoms with van der Waals surface area (Å²) in [5.41, 5.74) is 1.43. The van der Waals surface area contributed by atoms with E-state index in [0.717, 1.165) is 11.3 Å². The van der Waals surface area contributed by atoms with Crippen LogP contribution in [-0.2, 0) is 20.0 Å². The predicted molar refractivity (Wildman–Crippen MR) is 81.9 cm³/mol. The Morgan fingerprint density at radius 2 is 2.19 bits per heavy atom. The summed E-state index contributed by atoms with van der Waals surface area (Å²) in [5, 5.41) is 4.25. The molecule has 0 saturated heterocycles. The van der Waals surface area contributed by atoms with Gasteiger partial charge in [0, 0.05) is 25.4 Å². The summed E-state index contributed by atoms with van der Waals surface area (Å²) < 4.78 is 17.8. The molecule has 1 aromatic carbocycles. The van der Waals surface area contributed by atoms with Crippen LogP contribution in [0.15, 0.2) is 22.9 Å². The van der Waals surface area contributed by atoms with Crippen molar-refractivity contribution < 1.29 is 4.39 Å². The molecule has 0 aliphatic rings. The number of aromatic nitrogens is 5. The van der Waals surface area contributed by atoms with Crippen LogP contribution < -0.4 is 0 Å². The highest BCUT2D eigenvalue weighted by molar-refractivity contribution is 9.10. The summed E-state index contributed by atoms with van der Waals surface area (Å²) in [6, 6.07) is 3.14. The van der Waals surface area contributed by atoms with E-state index < -0.39 is 0 Å². The van der Waals surface area contributed by atoms with Crippen LogP contribution in [0.2, 0.25) is 0 Å². The standard InChI is InChI=1S/C13H12BrClFN5/c1-20-7-17-12(19-20)6-21-11-5-9(16)8(14)4-10(11)18-13(21)2-3-15/h4-5,7H,2-3,6H2,1H3. The molecule has 0 atom stereocenters. The molecule has 0 bridgehead atoms. The second-order valence-electron chi connectivity index (χ2n) is 4.64. The van der Waals surface area contributed by atoms with Gasteiger partial charge in [-0.15, -0.1) is 11.6 Å². The molecule has 0 unspecified atom stereocenters. The number of hydrogen-bond donors (Lipinski definition) is 0. The van der Waals surface area contributed by atoms with Crippen molar-refractivity contribution >= 4 is 38.6 Å². The predicted octanol–water partition coefficient (Wildman–Crippen LogP) is 2.90. The van der Waals surface area contributed by atoms with Gasteiger partial charge in [-0.1, -0.05) is 0 Å². The van der Waals surface area contributed by atoms with Crippen LogP contribution in [-0.4, -0.2) is 30.2 Å². The van der Waals surface area contributed by atoms with Crippen molar-refractivity contribution in [1.82, 2.24) is 24.3 Å². The first-order chi connectivity index (χ1) is 10.1. The molecular formula is C13H12BrClFN5. The quantitative estimate of drug-likeness (QED) is 0.662. The van der Waals surface area contributed by atoms with Crippen LogP contribution in [0.1, 0.15) is 11.6 Å². The van der Waals surface area contributed by atoms with Crippen LogP contribution in [0.3, 0.4) is 0 Å². The highest BCUT2D eigenvalue weighted by atomic mass is 79.9. The third-order valence-corrected chi connectivity index (χ3v) is 3.93. The lowest BCUT2D eigenvalue weighted by molar-refractivity contribution is 0.621. The molecule has 0 saturated carbocycles. The molecule has 2 aromatic heterocycles. The number of halogens is 3. The molecule has 2 heterocycles. The first kappa shape index (κ1) is 14.5. The van der Waals surface area contributed by atoms with E-state index in [1.54, 1.807) is 24.1 Å². The van der Waals surface area contributed by atoms with Crippen molar-refractivity contribution in [2.45, 2.75) is 13.0 Å². The SMILES string of the molecule is Cn1cnc(Cn2c(CCCl)nc3cc(Br)c(F)cc32)n1. The molecule has 21 heavy (non-hydrogen) atoms. The maximum Gasteiger partial charge on any atom is 0.170 e. The van der Waals surface area contributed by atoms with Crippen LogP contribution in [0.4, 0.5) is 4.39 Å². The average Bonchev–Trinajstić information content (AvgIpc) is 2.97. The van der Waals surface area contributed by atoms with E-state index in [1.165, 1.54) is 6.07 Å². The zero-order valence-corrected chi connectivity index (χ0v) is 13.6. The van der Waals surface area contributed by atoms with Crippen molar-refractivity contribution in [1.29, 1.82) is 0 Å². The number of alkyl halides is 1. The Morgan fingerprint density at radius 3 is 2.86 bits per heavy atom. The van der Waals surface area contributed by atoms with Crippen molar-refractivity contribution in [3.8, 4) is 0 Å². The second-order valence-corrected chi connectivity index (χ2v) is 5.87. The Labute approximate surface area is 133 Å². The number of fused-ring (bicyclic) bond motifs is 1. The van der Waals surface area contributed by atoms with Gasteiger partial charge in [0.05, 0.1) is 22.1 Å². The van der Waals surface area contributed by atoms with E-state index >= 15 is 0 Å². The zero-order valence-electron chi connectivity index (χ0n) is 11.2. The Kier molecular flexibility index (Phi) is 3.95. The fraction of sp³-hybridized carbons (Fsp3) is 0.308. The minimum atomic E-state index is -0.324. The van der Waals surface area contributed by atoms with Crippen LogP contribution in [0.25, 0.3) is 11.0 Å². The lowest BCUT2D eigenvalue weighted by atomic mass is 10.3. The normalized spacial score (nSPS) is 11.4. The molecule has 0 spiro atoms. The molecule has 5 nitrogen and oxygen atoms in total. The Balaban J connectivity index is 2.12. The van der Waals surface area contributed by atoms with Gasteiger partial charge < -0.3 is 4.57 Å². The lowest BCUT2D eigenvalue weighted by Crippen LogP contribution is -2.07. The molecule has 0 N–H and O–H groups in total. The Hall–Kier alpha value is -1.47. The molecule has 110 valence electrons. The fourth-order valence-electron chi connectivity index (χ4n) is 2.22. The van der Waals surface area contributed by atoms with Gasteiger partial charge in [0.2, 0.25) is 0 Å². The molecular weight excluding hydrogens is 361 g/mol. The fourth-order valence-corrected chi connectivity index (χ4v) is 2.72. The van der Waals surface area contributed by atoms with Crippen LogP contribution >= 0.6 is 27.5 Å². The summed E-state index contributed by atoms with van der Waals surface area (Å²) in [6.45, 7) is 0.435. The zero-order chi connectivity index (χ0) is 15.0. The number of hydrogen-bond acceptors (Lipinski definition) is 3. The van der Waals surface area contributed by atoms with Gasteiger partial charge in [-0.05, 0) is 22.0 Å². The molecule has 3 rings (SSSR count). The van der Waals surface area contributed by atoms with Gasteiger partial charge in [0.15, 0.2) is 5.82 Å². The van der Waals surface area contributed by atoms with Crippen molar-refractivity contribution in [3.05, 3.63) is 40.4 Å². The largest absolute Gasteiger partial charge is 0.320 e. The van der Waals surface area contributed by atoms with Gasteiger partial charge in [0.25, 0.3) is 0 Å². The van der Waals surface area contributed by atoms with Gasteiger partial charge in [-0.25, -0.2) is 14.4 Å². The smallest absolute Gasteiger partial charge is 0.170 e. The maximum absolute atomic E-state index is 13.8. The summed E-state index contributed by atoms with van der Waals surface area (Å²) in [7, 11) is 1.80. The van der Waals surface area contributed by atoms with Gasteiger partial charge >= 0.3 is 0 Å². The average molecular weight is 373 g/mol. The minimum absolute atomic E-state index is 0.324. The minimum Gasteiger partial charge on any atom is -0.320 e. The van der Waals surface area contributed by atoms with Gasteiger partial charge in [-0.3, -0.25) is 4.68 Å². The van der Waals surface area contributed by atoms with Gasteiger partial charge in [-0.2, -0.15) is 5.10 Å². The van der Waals surface area contributed by atoms with E-state index in [9.17, 15) is 4.39 Å². The third-order valence-electron chi connectivity index (χ3n) is 3.13. The van der Waals surface area contributed by atoms with E-state index in [1.807, 2.05) is 4.57 Å². The summed E-state index contributed by atoms with van der Waals surface area (Å²) in [6.07, 6.45) is 2.23. The molecule has 0 aliphatic heterocycles. The maximum atomic E-state index is 13.8. The first-order valence-corrected chi connectivity index (χ1v) is 7.66. The Morgan fingerprint density at radius 1 is 1.38 bits per heavy atom. The third kappa shape index (κ3) is 2.80. The summed E-state index contributed by atoms with van der Waals surface area (Å²) >= 11 is 9.01. The van der Waals surface area contributed by atoms with E-state index in [-0.39, 0.29) is 5.82 Å². The Bertz CT molecular complexity index is 797. The monoisotopic (exact) mass is 371 g/mol. The number of nitrogens with zero attached hydrogens (tertiary/aromatic N) is 5. The van der Waals surface area contributed by atoms with Crippen LogP contribution in [0, 0.1) is 5.82 Å². The highest BCUT2D eigenvalue weighted by Gasteiger charge is 2.15. The number of aryl methyl sites for hydroxylation is 2.